The van der Waals surface area contributed by atoms with E-state index in [2.05, 4.69) is 37.9 Å². The second-order valence-corrected chi connectivity index (χ2v) is 5.10. The van der Waals surface area contributed by atoms with Crippen LogP contribution in [0.2, 0.25) is 0 Å². The van der Waals surface area contributed by atoms with Crippen LogP contribution in [-0.4, -0.2) is 21.7 Å². The number of hydrogen-bond acceptors (Lipinski definition) is 2. The fourth-order valence-corrected chi connectivity index (χ4v) is 3.18. The summed E-state index contributed by atoms with van der Waals surface area (Å²) >= 11 is 5.55. The van der Waals surface area contributed by atoms with Gasteiger partial charge in [0, 0.05) is 5.92 Å². The summed E-state index contributed by atoms with van der Waals surface area (Å²) in [6, 6.07) is 0. The van der Waals surface area contributed by atoms with E-state index in [9.17, 15) is 0 Å². The predicted octanol–water partition coefficient (Wildman–Crippen LogP) is 2.78. The molecule has 0 unspecified atom stereocenters. The van der Waals surface area contributed by atoms with Gasteiger partial charge in [-0.05, 0) is 40.3 Å². The molecule has 66 valence electrons. The zero-order valence-corrected chi connectivity index (χ0v) is 9.12. The van der Waals surface area contributed by atoms with Crippen molar-refractivity contribution in [1.82, 2.24) is 10.2 Å². The Kier molecular flexibility index (Phi) is 2.76. The minimum absolute atomic E-state index is 0.697. The average molecular weight is 247 g/mol. The molecule has 0 spiro atoms. The van der Waals surface area contributed by atoms with Crippen molar-refractivity contribution in [1.29, 1.82) is 0 Å². The van der Waals surface area contributed by atoms with Crippen LogP contribution in [0, 0.1) is 0 Å². The molecule has 0 amide bonds. The van der Waals surface area contributed by atoms with E-state index < -0.39 is 0 Å². The van der Waals surface area contributed by atoms with E-state index in [0.717, 1.165) is 4.47 Å². The van der Waals surface area contributed by atoms with E-state index >= 15 is 0 Å². The zero-order chi connectivity index (χ0) is 8.39. The molecule has 1 aromatic rings. The lowest BCUT2D eigenvalue weighted by Gasteiger charge is -2.20. The van der Waals surface area contributed by atoms with Crippen molar-refractivity contribution < 1.29 is 0 Å². The van der Waals surface area contributed by atoms with Gasteiger partial charge in [-0.3, -0.25) is 5.10 Å². The number of aromatic nitrogens is 2. The van der Waals surface area contributed by atoms with Gasteiger partial charge in [-0.15, -0.1) is 0 Å². The van der Waals surface area contributed by atoms with E-state index in [1.165, 1.54) is 30.0 Å². The highest BCUT2D eigenvalue weighted by Crippen LogP contribution is 2.33. The molecule has 1 aliphatic rings. The third-order valence-corrected chi connectivity index (χ3v) is 3.93. The molecule has 1 fully saturated rings. The molecule has 0 atom stereocenters. The lowest BCUT2D eigenvalue weighted by atomic mass is 9.99. The number of nitrogens with one attached hydrogen (secondary N) is 1. The molecule has 4 heteroatoms. The number of halogens is 1. The van der Waals surface area contributed by atoms with Crippen LogP contribution in [0.3, 0.4) is 0 Å². The molecule has 1 saturated heterocycles. The van der Waals surface area contributed by atoms with Crippen LogP contribution in [0.15, 0.2) is 10.7 Å². The highest BCUT2D eigenvalue weighted by atomic mass is 79.9. The SMILES string of the molecule is Brc1cn[nH]c1C1CCSCC1. The summed E-state index contributed by atoms with van der Waals surface area (Å²) in [5.74, 6) is 3.27. The van der Waals surface area contributed by atoms with Gasteiger partial charge in [0.25, 0.3) is 0 Å². The Balaban J connectivity index is 2.13. The minimum atomic E-state index is 0.697. The van der Waals surface area contributed by atoms with Crippen molar-refractivity contribution >= 4 is 27.7 Å². The molecule has 2 rings (SSSR count). The number of nitrogens with zero attached hydrogens (tertiary/aromatic N) is 1. The molecule has 12 heavy (non-hydrogen) atoms. The second-order valence-electron chi connectivity index (χ2n) is 3.02. The fourth-order valence-electron chi connectivity index (χ4n) is 1.55. The largest absolute Gasteiger partial charge is 0.281 e. The first kappa shape index (κ1) is 8.63. The summed E-state index contributed by atoms with van der Waals surface area (Å²) in [5, 5.41) is 7.09. The van der Waals surface area contributed by atoms with Crippen molar-refractivity contribution in [2.75, 3.05) is 11.5 Å². The van der Waals surface area contributed by atoms with E-state index in [-0.39, 0.29) is 0 Å². The summed E-state index contributed by atoms with van der Waals surface area (Å²) in [4.78, 5) is 0. The third-order valence-electron chi connectivity index (χ3n) is 2.25. The maximum atomic E-state index is 4.02. The normalized spacial score (nSPS) is 19.8. The number of rotatable bonds is 1. The van der Waals surface area contributed by atoms with Crippen LogP contribution in [0.1, 0.15) is 24.5 Å². The molecule has 0 saturated carbocycles. The first-order valence-corrected chi connectivity index (χ1v) is 6.09. The summed E-state index contributed by atoms with van der Waals surface area (Å²) in [6.07, 6.45) is 4.41. The van der Waals surface area contributed by atoms with Crippen molar-refractivity contribution in [3.05, 3.63) is 16.4 Å². The van der Waals surface area contributed by atoms with Gasteiger partial charge in [0.15, 0.2) is 0 Å². The molecule has 1 aliphatic heterocycles. The van der Waals surface area contributed by atoms with Crippen molar-refractivity contribution in [3.63, 3.8) is 0 Å². The quantitative estimate of drug-likeness (QED) is 0.826. The number of aromatic amines is 1. The Morgan fingerprint density at radius 2 is 2.25 bits per heavy atom. The van der Waals surface area contributed by atoms with Crippen molar-refractivity contribution in [2.24, 2.45) is 0 Å². The average Bonchev–Trinajstić information content (AvgIpc) is 2.53. The lowest BCUT2D eigenvalue weighted by molar-refractivity contribution is 0.614. The van der Waals surface area contributed by atoms with Gasteiger partial charge < -0.3 is 0 Å². The molecule has 0 aromatic carbocycles. The highest BCUT2D eigenvalue weighted by molar-refractivity contribution is 9.10. The van der Waals surface area contributed by atoms with E-state index in [1.54, 1.807) is 0 Å². The number of thioether (sulfide) groups is 1. The highest BCUT2D eigenvalue weighted by Gasteiger charge is 2.19. The van der Waals surface area contributed by atoms with E-state index in [4.69, 9.17) is 0 Å². The topological polar surface area (TPSA) is 28.7 Å². The van der Waals surface area contributed by atoms with Gasteiger partial charge >= 0.3 is 0 Å². The van der Waals surface area contributed by atoms with Crippen molar-refractivity contribution in [2.45, 2.75) is 18.8 Å². The first-order chi connectivity index (χ1) is 5.88. The Labute approximate surface area is 84.6 Å². The van der Waals surface area contributed by atoms with Crippen LogP contribution in [0.25, 0.3) is 0 Å². The Hall–Kier alpha value is 0.0400. The number of H-pyrrole nitrogens is 1. The first-order valence-electron chi connectivity index (χ1n) is 4.14. The fraction of sp³-hybridized carbons (Fsp3) is 0.625. The van der Waals surface area contributed by atoms with Gasteiger partial charge in [0.05, 0.1) is 16.4 Å². The minimum Gasteiger partial charge on any atom is -0.281 e. The summed E-state index contributed by atoms with van der Waals surface area (Å²) < 4.78 is 1.14. The van der Waals surface area contributed by atoms with Crippen LogP contribution in [-0.2, 0) is 0 Å². The van der Waals surface area contributed by atoms with E-state index in [1.807, 2.05) is 6.20 Å². The van der Waals surface area contributed by atoms with Gasteiger partial charge in [0.1, 0.15) is 0 Å². The van der Waals surface area contributed by atoms with Gasteiger partial charge in [-0.25, -0.2) is 0 Å². The van der Waals surface area contributed by atoms with E-state index in [0.29, 0.717) is 5.92 Å². The molecule has 1 aromatic heterocycles. The zero-order valence-electron chi connectivity index (χ0n) is 6.72. The Morgan fingerprint density at radius 3 is 2.83 bits per heavy atom. The lowest BCUT2D eigenvalue weighted by Crippen LogP contribution is -2.08. The molecule has 0 radical (unpaired) electrons. The summed E-state index contributed by atoms with van der Waals surface area (Å²) in [5.41, 5.74) is 1.29. The molecular weight excluding hydrogens is 236 g/mol. The van der Waals surface area contributed by atoms with Crippen LogP contribution >= 0.6 is 27.7 Å². The predicted molar refractivity (Wildman–Crippen MR) is 55.6 cm³/mol. The molecule has 1 N–H and O–H groups in total. The van der Waals surface area contributed by atoms with Crippen LogP contribution in [0.5, 0.6) is 0 Å². The maximum absolute atomic E-state index is 4.02. The molecular formula is C8H11BrN2S. The molecule has 0 aliphatic carbocycles. The van der Waals surface area contributed by atoms with Gasteiger partial charge in [-0.2, -0.15) is 16.9 Å². The molecule has 2 heterocycles. The monoisotopic (exact) mass is 246 g/mol. The maximum Gasteiger partial charge on any atom is 0.0632 e. The number of hydrogen-bond donors (Lipinski definition) is 1. The van der Waals surface area contributed by atoms with Crippen LogP contribution < -0.4 is 0 Å². The standard InChI is InChI=1S/C8H11BrN2S/c9-7-5-10-11-8(7)6-1-3-12-4-2-6/h5-6H,1-4H2,(H,10,11). The van der Waals surface area contributed by atoms with Crippen LogP contribution in [0.4, 0.5) is 0 Å². The summed E-state index contributed by atoms with van der Waals surface area (Å²) in [6.45, 7) is 0. The van der Waals surface area contributed by atoms with Crippen molar-refractivity contribution in [3.8, 4) is 0 Å². The summed E-state index contributed by atoms with van der Waals surface area (Å²) in [7, 11) is 0. The Bertz CT molecular complexity index is 255. The third kappa shape index (κ3) is 1.69. The Morgan fingerprint density at radius 1 is 1.50 bits per heavy atom. The van der Waals surface area contributed by atoms with Gasteiger partial charge in [-0.1, -0.05) is 0 Å². The van der Waals surface area contributed by atoms with Gasteiger partial charge in [0.2, 0.25) is 0 Å². The molecule has 2 nitrogen and oxygen atoms in total. The smallest absolute Gasteiger partial charge is 0.0632 e. The molecule has 0 bridgehead atoms. The second kappa shape index (κ2) is 3.83.